The summed E-state index contributed by atoms with van der Waals surface area (Å²) in [7, 11) is 0. The second-order valence-corrected chi connectivity index (χ2v) is 16.1. The lowest BCUT2D eigenvalue weighted by Crippen LogP contribution is -2.60. The molecule has 0 spiro atoms. The van der Waals surface area contributed by atoms with E-state index in [1.807, 2.05) is 24.3 Å². The van der Waals surface area contributed by atoms with Gasteiger partial charge in [-0.15, -0.1) is 0 Å². The van der Waals surface area contributed by atoms with E-state index < -0.39 is 6.10 Å². The Balaban J connectivity index is 1.32. The van der Waals surface area contributed by atoms with Crippen LogP contribution >= 0.6 is 0 Å². The number of fused-ring (bicyclic) bond motifs is 5. The highest BCUT2D eigenvalue weighted by atomic mass is 16.6. The summed E-state index contributed by atoms with van der Waals surface area (Å²) in [5.74, 6) is 3.06. The molecule has 0 saturated heterocycles. The minimum absolute atomic E-state index is 0.251. The first-order valence-corrected chi connectivity index (χ1v) is 18.5. The highest BCUT2D eigenvalue weighted by Gasteiger charge is 2.62. The van der Waals surface area contributed by atoms with E-state index >= 15 is 0 Å². The lowest BCUT2D eigenvalue weighted by atomic mass is 9.49. The summed E-state index contributed by atoms with van der Waals surface area (Å²) in [6.45, 7) is 14.8. The normalized spacial score (nSPS) is 33.7. The van der Waals surface area contributed by atoms with E-state index in [0.29, 0.717) is 36.9 Å². The standard InChI is InChI=1S/C43H58O4/c1-29(2)14-13-15-30(3)36-22-23-37-35-21-20-34-26-39(47-31(4)44)40(45-27-32-16-9-7-10-17-32)41(46-28-33-18-11-8-12-19-33)43(34,6)38(35)24-25-42(36,37)5/h7-12,16-21,29-30,36-41H,13-15,22-28H2,1-6H3/t30-,36-,37+,38+,39-,40+,41+,42-,43+/m1/s1. The summed E-state index contributed by atoms with van der Waals surface area (Å²) in [5.41, 5.74) is 5.34. The molecule has 2 aromatic carbocycles. The number of allylic oxidation sites excluding steroid dienone is 3. The molecule has 0 N–H and O–H groups in total. The highest BCUT2D eigenvalue weighted by Crippen LogP contribution is 2.66. The number of ether oxygens (including phenoxy) is 3. The third-order valence-electron chi connectivity index (χ3n) is 12.8. The van der Waals surface area contributed by atoms with E-state index in [9.17, 15) is 4.79 Å². The first-order chi connectivity index (χ1) is 22.6. The molecule has 0 radical (unpaired) electrons. The van der Waals surface area contributed by atoms with Crippen molar-refractivity contribution in [3.8, 4) is 0 Å². The topological polar surface area (TPSA) is 44.8 Å². The zero-order valence-electron chi connectivity index (χ0n) is 29.8. The van der Waals surface area contributed by atoms with Gasteiger partial charge in [0.25, 0.3) is 0 Å². The van der Waals surface area contributed by atoms with Gasteiger partial charge in [0.2, 0.25) is 0 Å². The van der Waals surface area contributed by atoms with Gasteiger partial charge in [-0.05, 0) is 71.8 Å². The Hall–Kier alpha value is -2.69. The van der Waals surface area contributed by atoms with Crippen molar-refractivity contribution in [1.29, 1.82) is 0 Å². The molecule has 0 amide bonds. The molecule has 0 aliphatic heterocycles. The minimum atomic E-state index is -0.400. The van der Waals surface area contributed by atoms with Gasteiger partial charge in [0.1, 0.15) is 12.2 Å². The first kappa shape index (κ1) is 34.2. The summed E-state index contributed by atoms with van der Waals surface area (Å²) in [4.78, 5) is 12.5. The fourth-order valence-corrected chi connectivity index (χ4v) is 10.3. The average Bonchev–Trinajstić information content (AvgIpc) is 3.41. The molecule has 6 rings (SSSR count). The Labute approximate surface area is 284 Å². The van der Waals surface area contributed by atoms with Crippen molar-refractivity contribution >= 4 is 5.97 Å². The Morgan fingerprint density at radius 3 is 2.13 bits per heavy atom. The predicted molar refractivity (Wildman–Crippen MR) is 189 cm³/mol. The molecule has 4 aliphatic rings. The molecule has 0 unspecified atom stereocenters. The lowest BCUT2D eigenvalue weighted by Gasteiger charge is -2.59. The van der Waals surface area contributed by atoms with Gasteiger partial charge in [-0.1, -0.05) is 138 Å². The van der Waals surface area contributed by atoms with Crippen LogP contribution < -0.4 is 0 Å². The van der Waals surface area contributed by atoms with Crippen LogP contribution in [-0.2, 0) is 32.2 Å². The molecule has 0 heterocycles. The molecule has 9 atom stereocenters. The largest absolute Gasteiger partial charge is 0.459 e. The van der Waals surface area contributed by atoms with Crippen molar-refractivity contribution in [3.63, 3.8) is 0 Å². The van der Waals surface area contributed by atoms with E-state index in [0.717, 1.165) is 35.3 Å². The Morgan fingerprint density at radius 2 is 1.49 bits per heavy atom. The molecule has 0 aromatic heterocycles. The van der Waals surface area contributed by atoms with Gasteiger partial charge in [0.15, 0.2) is 0 Å². The monoisotopic (exact) mass is 638 g/mol. The molecular formula is C43H58O4. The molecular weight excluding hydrogens is 580 g/mol. The number of hydrogen-bond acceptors (Lipinski definition) is 4. The average molecular weight is 639 g/mol. The van der Waals surface area contributed by atoms with Crippen LogP contribution in [0.1, 0.15) is 104 Å². The number of hydrogen-bond donors (Lipinski definition) is 0. The van der Waals surface area contributed by atoms with Gasteiger partial charge in [0.05, 0.1) is 19.3 Å². The minimum Gasteiger partial charge on any atom is -0.459 e. The molecule has 4 heteroatoms. The zero-order valence-corrected chi connectivity index (χ0v) is 29.8. The molecule has 4 aliphatic carbocycles. The molecule has 2 aromatic rings. The van der Waals surface area contributed by atoms with Crippen molar-refractivity contribution < 1.29 is 19.0 Å². The van der Waals surface area contributed by atoms with Crippen molar-refractivity contribution in [2.45, 2.75) is 124 Å². The molecule has 4 nitrogen and oxygen atoms in total. The smallest absolute Gasteiger partial charge is 0.303 e. The van der Waals surface area contributed by atoms with Crippen molar-refractivity contribution in [3.05, 3.63) is 95.1 Å². The number of carbonyl (C=O) groups is 1. The number of benzene rings is 2. The molecule has 3 saturated carbocycles. The van der Waals surface area contributed by atoms with Crippen LogP contribution in [0.25, 0.3) is 0 Å². The number of esters is 1. The summed E-state index contributed by atoms with van der Waals surface area (Å²) in [6.07, 6.45) is 13.6. The van der Waals surface area contributed by atoms with Crippen LogP contribution in [-0.4, -0.2) is 24.3 Å². The quantitative estimate of drug-likeness (QED) is 0.217. The zero-order chi connectivity index (χ0) is 33.2. The van der Waals surface area contributed by atoms with Crippen molar-refractivity contribution in [1.82, 2.24) is 0 Å². The highest BCUT2D eigenvalue weighted by molar-refractivity contribution is 5.66. The molecule has 254 valence electrons. The maximum Gasteiger partial charge on any atom is 0.303 e. The van der Waals surface area contributed by atoms with Gasteiger partial charge in [-0.2, -0.15) is 0 Å². The van der Waals surface area contributed by atoms with Crippen LogP contribution in [0.15, 0.2) is 84.0 Å². The maximum absolute atomic E-state index is 12.5. The van der Waals surface area contributed by atoms with Gasteiger partial charge in [-0.3, -0.25) is 4.79 Å². The lowest BCUT2D eigenvalue weighted by molar-refractivity contribution is -0.204. The Morgan fingerprint density at radius 1 is 0.830 bits per heavy atom. The Bertz CT molecular complexity index is 1410. The van der Waals surface area contributed by atoms with Crippen LogP contribution in [0.3, 0.4) is 0 Å². The second-order valence-electron chi connectivity index (χ2n) is 16.1. The van der Waals surface area contributed by atoms with Crippen LogP contribution in [0.2, 0.25) is 0 Å². The molecule has 0 bridgehead atoms. The third kappa shape index (κ3) is 6.92. The van der Waals surface area contributed by atoms with E-state index in [4.69, 9.17) is 14.2 Å². The Kier molecular flexibility index (Phi) is 10.5. The van der Waals surface area contributed by atoms with E-state index in [1.165, 1.54) is 51.0 Å². The van der Waals surface area contributed by atoms with Crippen LogP contribution in [0.5, 0.6) is 0 Å². The number of rotatable bonds is 12. The third-order valence-corrected chi connectivity index (χ3v) is 12.8. The van der Waals surface area contributed by atoms with Crippen molar-refractivity contribution in [2.75, 3.05) is 0 Å². The number of carbonyl (C=O) groups excluding carboxylic acids is 1. The van der Waals surface area contributed by atoms with Crippen LogP contribution in [0.4, 0.5) is 0 Å². The molecule has 3 fully saturated rings. The molecule has 47 heavy (non-hydrogen) atoms. The van der Waals surface area contributed by atoms with E-state index in [1.54, 1.807) is 5.57 Å². The van der Waals surface area contributed by atoms with E-state index in [-0.39, 0.29) is 23.6 Å². The summed E-state index contributed by atoms with van der Waals surface area (Å²) < 4.78 is 20.0. The summed E-state index contributed by atoms with van der Waals surface area (Å²) >= 11 is 0. The predicted octanol–water partition coefficient (Wildman–Crippen LogP) is 10.3. The van der Waals surface area contributed by atoms with Gasteiger partial charge in [-0.25, -0.2) is 0 Å². The maximum atomic E-state index is 12.5. The first-order valence-electron chi connectivity index (χ1n) is 18.5. The van der Waals surface area contributed by atoms with E-state index in [2.05, 4.69) is 83.2 Å². The van der Waals surface area contributed by atoms with Gasteiger partial charge in [0, 0.05) is 18.8 Å². The summed E-state index contributed by atoms with van der Waals surface area (Å²) in [6, 6.07) is 20.8. The van der Waals surface area contributed by atoms with Gasteiger partial charge < -0.3 is 14.2 Å². The fraction of sp³-hybridized carbons (Fsp3) is 0.605. The second kappa shape index (κ2) is 14.4. The van der Waals surface area contributed by atoms with Crippen molar-refractivity contribution in [2.24, 2.45) is 40.4 Å². The fourth-order valence-electron chi connectivity index (χ4n) is 10.3. The SMILES string of the molecule is CC(=O)O[C@@H]1CC2=CC=C3[C@@H]4CC[C@H]([C@H](C)CCCC(C)C)[C@@]4(C)CC[C@@H]3[C@@]2(C)[C@@H](OCc2ccccc2)[C@H]1OCc1ccccc1. The van der Waals surface area contributed by atoms with Crippen LogP contribution in [0, 0.1) is 40.4 Å². The summed E-state index contributed by atoms with van der Waals surface area (Å²) in [5, 5.41) is 0. The van der Waals surface area contributed by atoms with Gasteiger partial charge >= 0.3 is 5.97 Å².